The molecule has 24 heavy (non-hydrogen) atoms. The van der Waals surface area contributed by atoms with Crippen molar-refractivity contribution in [2.24, 2.45) is 13.0 Å². The predicted molar refractivity (Wildman–Crippen MR) is 83.2 cm³/mol. The number of halogens is 2. The maximum absolute atomic E-state index is 13.7. The van der Waals surface area contributed by atoms with Crippen LogP contribution >= 0.6 is 0 Å². The lowest BCUT2D eigenvalue weighted by Crippen LogP contribution is -2.31. The fourth-order valence-corrected chi connectivity index (χ4v) is 3.23. The first-order chi connectivity index (χ1) is 11.5. The van der Waals surface area contributed by atoms with Crippen LogP contribution in [0.5, 0.6) is 0 Å². The number of aliphatic hydroxyl groups excluding tert-OH is 1. The number of amides is 1. The largest absolute Gasteiger partial charge is 0.396 e. The standard InChI is InChI=1S/C17H19F2N3O2/c1-21-7-12(6-20-21)14-9-22(8-13(14)10-23)16(24)5-11-3-2-4-15(18)17(11)19/h2-4,6-7,13-14,23H,5,8-10H2,1H3/t13-,14-/m0/s1. The zero-order chi connectivity index (χ0) is 17.3. The Hall–Kier alpha value is -2.28. The number of rotatable bonds is 4. The number of aryl methyl sites for hydroxylation is 1. The van der Waals surface area contributed by atoms with E-state index >= 15 is 0 Å². The highest BCUT2D eigenvalue weighted by atomic mass is 19.2. The van der Waals surface area contributed by atoms with Crippen molar-refractivity contribution in [2.75, 3.05) is 19.7 Å². The Balaban J connectivity index is 1.73. The minimum absolute atomic E-state index is 0.00925. The third-order valence-corrected chi connectivity index (χ3v) is 4.55. The number of benzene rings is 1. The van der Waals surface area contributed by atoms with Gasteiger partial charge in [0.1, 0.15) is 0 Å². The number of carbonyl (C=O) groups is 1. The second-order valence-corrected chi connectivity index (χ2v) is 6.18. The maximum Gasteiger partial charge on any atom is 0.227 e. The van der Waals surface area contributed by atoms with Crippen molar-refractivity contribution < 1.29 is 18.7 Å². The highest BCUT2D eigenvalue weighted by Crippen LogP contribution is 2.32. The Morgan fingerprint density at radius 1 is 1.38 bits per heavy atom. The molecule has 1 fully saturated rings. The summed E-state index contributed by atoms with van der Waals surface area (Å²) in [5.41, 5.74) is 1.01. The molecule has 0 unspecified atom stereocenters. The summed E-state index contributed by atoms with van der Waals surface area (Å²) >= 11 is 0. The van der Waals surface area contributed by atoms with E-state index in [-0.39, 0.29) is 36.3 Å². The van der Waals surface area contributed by atoms with E-state index in [9.17, 15) is 18.7 Å². The van der Waals surface area contributed by atoms with Gasteiger partial charge in [0.15, 0.2) is 11.6 Å². The van der Waals surface area contributed by atoms with E-state index in [4.69, 9.17) is 0 Å². The molecule has 1 aliphatic rings. The van der Waals surface area contributed by atoms with Crippen molar-refractivity contribution in [3.8, 4) is 0 Å². The summed E-state index contributed by atoms with van der Waals surface area (Å²) in [6.07, 6.45) is 3.41. The molecule has 1 aliphatic heterocycles. The summed E-state index contributed by atoms with van der Waals surface area (Å²) in [7, 11) is 1.81. The van der Waals surface area contributed by atoms with Crippen LogP contribution < -0.4 is 0 Å². The van der Waals surface area contributed by atoms with E-state index in [2.05, 4.69) is 5.10 Å². The molecular weight excluding hydrogens is 316 g/mol. The third kappa shape index (κ3) is 3.17. The molecule has 1 N–H and O–H groups in total. The number of hydrogen-bond donors (Lipinski definition) is 1. The van der Waals surface area contributed by atoms with E-state index in [0.29, 0.717) is 13.1 Å². The van der Waals surface area contributed by atoms with Crippen LogP contribution in [0.1, 0.15) is 17.0 Å². The molecule has 0 saturated carbocycles. The molecule has 7 heteroatoms. The SMILES string of the molecule is Cn1cc([C@@H]2CN(C(=O)Cc3cccc(F)c3F)C[C@H]2CO)cn1. The average Bonchev–Trinajstić information content (AvgIpc) is 3.17. The van der Waals surface area contributed by atoms with Crippen LogP contribution in [0.2, 0.25) is 0 Å². The molecule has 2 aromatic rings. The highest BCUT2D eigenvalue weighted by molar-refractivity contribution is 5.79. The molecule has 2 heterocycles. The van der Waals surface area contributed by atoms with Crippen LogP contribution in [0.15, 0.2) is 30.6 Å². The van der Waals surface area contributed by atoms with E-state index in [1.54, 1.807) is 15.8 Å². The van der Waals surface area contributed by atoms with E-state index in [1.807, 2.05) is 13.2 Å². The van der Waals surface area contributed by atoms with Crippen LogP contribution in [0.25, 0.3) is 0 Å². The smallest absolute Gasteiger partial charge is 0.227 e. The van der Waals surface area contributed by atoms with Gasteiger partial charge in [-0.3, -0.25) is 9.48 Å². The summed E-state index contributed by atoms with van der Waals surface area (Å²) in [6.45, 7) is 0.788. The topological polar surface area (TPSA) is 58.4 Å². The first-order valence-corrected chi connectivity index (χ1v) is 7.79. The summed E-state index contributed by atoms with van der Waals surface area (Å²) in [5, 5.41) is 13.7. The number of hydrogen-bond acceptors (Lipinski definition) is 3. The molecule has 0 spiro atoms. The fraction of sp³-hybridized carbons (Fsp3) is 0.412. The summed E-state index contributed by atoms with van der Waals surface area (Å²) in [6, 6.07) is 3.83. The van der Waals surface area contributed by atoms with Gasteiger partial charge in [0.25, 0.3) is 0 Å². The molecule has 5 nitrogen and oxygen atoms in total. The minimum atomic E-state index is -0.979. The van der Waals surface area contributed by atoms with Gasteiger partial charge in [-0.25, -0.2) is 8.78 Å². The molecule has 128 valence electrons. The second kappa shape index (κ2) is 6.68. The Labute approximate surface area is 138 Å². The van der Waals surface area contributed by atoms with Crippen molar-refractivity contribution in [1.29, 1.82) is 0 Å². The summed E-state index contributed by atoms with van der Waals surface area (Å²) < 4.78 is 28.7. The Morgan fingerprint density at radius 3 is 2.83 bits per heavy atom. The van der Waals surface area contributed by atoms with Crippen molar-refractivity contribution >= 4 is 5.91 Å². The van der Waals surface area contributed by atoms with Crippen molar-refractivity contribution in [2.45, 2.75) is 12.3 Å². The first-order valence-electron chi connectivity index (χ1n) is 7.79. The Bertz CT molecular complexity index is 747. The highest BCUT2D eigenvalue weighted by Gasteiger charge is 2.36. The zero-order valence-electron chi connectivity index (χ0n) is 13.3. The van der Waals surface area contributed by atoms with Crippen molar-refractivity contribution in [3.63, 3.8) is 0 Å². The maximum atomic E-state index is 13.7. The lowest BCUT2D eigenvalue weighted by atomic mass is 9.92. The van der Waals surface area contributed by atoms with Crippen LogP contribution in [-0.4, -0.2) is 45.4 Å². The lowest BCUT2D eigenvalue weighted by molar-refractivity contribution is -0.129. The molecule has 0 aliphatic carbocycles. The second-order valence-electron chi connectivity index (χ2n) is 6.18. The molecular formula is C17H19F2N3O2. The number of likely N-dealkylation sites (tertiary alicyclic amines) is 1. The minimum Gasteiger partial charge on any atom is -0.396 e. The molecule has 1 aromatic heterocycles. The van der Waals surface area contributed by atoms with Crippen LogP contribution in [0, 0.1) is 17.6 Å². The lowest BCUT2D eigenvalue weighted by Gasteiger charge is -2.16. The summed E-state index contributed by atoms with van der Waals surface area (Å²) in [4.78, 5) is 14.1. The molecule has 2 atom stereocenters. The van der Waals surface area contributed by atoms with Gasteiger partial charge in [-0.05, 0) is 11.6 Å². The van der Waals surface area contributed by atoms with Gasteiger partial charge in [0, 0.05) is 50.3 Å². The number of nitrogens with zero attached hydrogens (tertiary/aromatic N) is 3. The quantitative estimate of drug-likeness (QED) is 0.921. The van der Waals surface area contributed by atoms with Gasteiger partial charge in [0.05, 0.1) is 12.6 Å². The van der Waals surface area contributed by atoms with E-state index < -0.39 is 11.6 Å². The van der Waals surface area contributed by atoms with Gasteiger partial charge >= 0.3 is 0 Å². The molecule has 0 bridgehead atoms. The molecule has 0 radical (unpaired) electrons. The van der Waals surface area contributed by atoms with Crippen molar-refractivity contribution in [3.05, 3.63) is 53.4 Å². The predicted octanol–water partition coefficient (Wildman–Crippen LogP) is 1.48. The molecule has 1 aromatic carbocycles. The van der Waals surface area contributed by atoms with Gasteiger partial charge in [-0.2, -0.15) is 5.10 Å². The van der Waals surface area contributed by atoms with Gasteiger partial charge in [-0.1, -0.05) is 12.1 Å². The average molecular weight is 335 g/mol. The van der Waals surface area contributed by atoms with Gasteiger partial charge in [-0.15, -0.1) is 0 Å². The van der Waals surface area contributed by atoms with Crippen LogP contribution in [0.3, 0.4) is 0 Å². The molecule has 1 amide bonds. The van der Waals surface area contributed by atoms with E-state index in [0.717, 1.165) is 11.6 Å². The Morgan fingerprint density at radius 2 is 2.17 bits per heavy atom. The van der Waals surface area contributed by atoms with Gasteiger partial charge in [0.2, 0.25) is 5.91 Å². The normalized spacial score (nSPS) is 20.6. The molecule has 1 saturated heterocycles. The zero-order valence-corrected chi connectivity index (χ0v) is 13.3. The number of aliphatic hydroxyl groups is 1. The van der Waals surface area contributed by atoms with Gasteiger partial charge < -0.3 is 10.0 Å². The van der Waals surface area contributed by atoms with Crippen LogP contribution in [-0.2, 0) is 18.3 Å². The monoisotopic (exact) mass is 335 g/mol. The first kappa shape index (κ1) is 16.6. The number of carbonyl (C=O) groups excluding carboxylic acids is 1. The summed E-state index contributed by atoms with van der Waals surface area (Å²) in [5.74, 6) is -2.30. The van der Waals surface area contributed by atoms with Crippen molar-refractivity contribution in [1.82, 2.24) is 14.7 Å². The van der Waals surface area contributed by atoms with E-state index in [1.165, 1.54) is 12.1 Å². The fourth-order valence-electron chi connectivity index (χ4n) is 3.23. The van der Waals surface area contributed by atoms with Crippen LogP contribution in [0.4, 0.5) is 8.78 Å². The Kier molecular flexibility index (Phi) is 4.62. The number of aromatic nitrogens is 2. The molecule has 3 rings (SSSR count). The third-order valence-electron chi connectivity index (χ3n) is 4.55.